The number of hydrogen-bond donors (Lipinski definition) is 3. The van der Waals surface area contributed by atoms with Crippen molar-refractivity contribution in [3.05, 3.63) is 65.7 Å². The zero-order valence-electron chi connectivity index (χ0n) is 26.1. The number of rotatable bonds is 4. The van der Waals surface area contributed by atoms with E-state index in [9.17, 15) is 22.5 Å². The number of benzene rings is 1. The summed E-state index contributed by atoms with van der Waals surface area (Å²) in [6.07, 6.45) is -1.00. The third kappa shape index (κ3) is 6.99. The minimum atomic E-state index is -4.83. The number of amides is 1. The third-order valence-corrected chi connectivity index (χ3v) is 9.64. The van der Waals surface area contributed by atoms with E-state index in [1.54, 1.807) is 48.3 Å². The van der Waals surface area contributed by atoms with Gasteiger partial charge in [-0.25, -0.2) is 9.97 Å². The Morgan fingerprint density at radius 3 is 2.60 bits per heavy atom. The fourth-order valence-corrected chi connectivity index (χ4v) is 7.03. The predicted molar refractivity (Wildman–Crippen MR) is 168 cm³/mol. The molecule has 18 heteroatoms. The van der Waals surface area contributed by atoms with Crippen molar-refractivity contribution in [1.82, 2.24) is 30.0 Å². The molecule has 9 rings (SSSR count). The molecular weight excluding hydrogens is 656 g/mol. The van der Waals surface area contributed by atoms with Crippen molar-refractivity contribution in [3.8, 4) is 17.0 Å². The van der Waals surface area contributed by atoms with E-state index in [0.717, 1.165) is 0 Å². The molecular formula is C30H32F3N8O6P. The van der Waals surface area contributed by atoms with Crippen LogP contribution in [-0.2, 0) is 37.2 Å². The molecule has 1 fully saturated rings. The van der Waals surface area contributed by atoms with Crippen LogP contribution in [0.25, 0.3) is 11.3 Å². The lowest BCUT2D eigenvalue weighted by Crippen LogP contribution is -2.49. The molecule has 1 saturated heterocycles. The molecule has 5 aliphatic heterocycles. The molecule has 0 unspecified atom stereocenters. The quantitative estimate of drug-likeness (QED) is 0.235. The number of hydrogen-bond acceptors (Lipinski definition) is 12. The van der Waals surface area contributed by atoms with Crippen molar-refractivity contribution in [1.29, 1.82) is 0 Å². The fourth-order valence-electron chi connectivity index (χ4n) is 5.26. The Balaban J connectivity index is 1.48. The van der Waals surface area contributed by atoms with E-state index >= 15 is 0 Å². The minimum absolute atomic E-state index is 0.0221. The van der Waals surface area contributed by atoms with Gasteiger partial charge in [0.15, 0.2) is 5.69 Å². The van der Waals surface area contributed by atoms with Crippen LogP contribution in [0, 0.1) is 5.41 Å². The normalized spacial score (nSPS) is 19.0. The number of halogens is 3. The van der Waals surface area contributed by atoms with Crippen LogP contribution in [-0.4, -0.2) is 71.2 Å². The Labute approximate surface area is 272 Å². The lowest BCUT2D eigenvalue weighted by atomic mass is 9.87. The van der Waals surface area contributed by atoms with Crippen LogP contribution in [0.2, 0.25) is 0 Å². The number of carbonyl (C=O) groups excluding carboxylic acids is 1. The number of carbonyl (C=O) groups is 1. The van der Waals surface area contributed by atoms with Crippen molar-refractivity contribution in [2.24, 2.45) is 5.41 Å². The molecule has 48 heavy (non-hydrogen) atoms. The molecule has 254 valence electrons. The number of ether oxygens (including phenoxy) is 2. The first-order valence-corrected chi connectivity index (χ1v) is 16.5. The summed E-state index contributed by atoms with van der Waals surface area (Å²) in [4.78, 5) is 25.4. The topological polar surface area (TPSA) is 164 Å². The molecule has 0 aliphatic carbocycles. The van der Waals surface area contributed by atoms with E-state index in [-0.39, 0.29) is 42.5 Å². The van der Waals surface area contributed by atoms with Crippen molar-refractivity contribution >= 4 is 36.6 Å². The highest BCUT2D eigenvalue weighted by Crippen LogP contribution is 2.53. The first-order valence-electron chi connectivity index (χ1n) is 14.8. The van der Waals surface area contributed by atoms with Gasteiger partial charge in [-0.2, -0.15) is 23.3 Å². The molecule has 1 spiro atoms. The predicted octanol–water partition coefficient (Wildman–Crippen LogP) is 5.39. The van der Waals surface area contributed by atoms with E-state index in [1.165, 1.54) is 20.2 Å². The zero-order chi connectivity index (χ0) is 34.1. The maximum absolute atomic E-state index is 14.1. The van der Waals surface area contributed by atoms with Crippen molar-refractivity contribution in [2.45, 2.75) is 25.8 Å². The SMILES string of the molecule is CCO[P@@]1(=O)Cc2ccc(c(OC)c2)Nc2ncc(C(F)(F)F)c(n2)Nc2ccc(nc2C(=O)NC)-c2cnn(c2)CC2(COC2)CO1. The van der Waals surface area contributed by atoms with Crippen LogP contribution in [0.5, 0.6) is 5.75 Å². The molecule has 3 N–H and O–H groups in total. The standard InChI is InChI=1S/C30H32F3N8O6P/c1-4-46-48(43)13-18-5-6-22(24(9-18)44-3)39-28-35-11-20(30(31,32)33)26(40-28)38-23-8-7-21(37-25(23)27(42)34-2)19-10-36-41(12-19)14-29(17-47-48)15-45-16-29/h5-12H,4,13-17H2,1-3H3,(H,34,42)(H2,35,38,39,40)/t48-/m0/s1. The van der Waals surface area contributed by atoms with Crippen molar-refractivity contribution in [2.75, 3.05) is 51.2 Å². The Bertz CT molecular complexity index is 1880. The smallest absolute Gasteiger partial charge is 0.421 e. The zero-order valence-corrected chi connectivity index (χ0v) is 27.0. The minimum Gasteiger partial charge on any atom is -0.495 e. The molecule has 0 saturated carbocycles. The lowest BCUT2D eigenvalue weighted by Gasteiger charge is -2.41. The summed E-state index contributed by atoms with van der Waals surface area (Å²) in [5.74, 6) is -1.19. The summed E-state index contributed by atoms with van der Waals surface area (Å²) >= 11 is 0. The van der Waals surface area contributed by atoms with Gasteiger partial charge in [0.2, 0.25) is 5.95 Å². The largest absolute Gasteiger partial charge is 0.495 e. The van der Waals surface area contributed by atoms with Crippen LogP contribution in [0.3, 0.4) is 0 Å². The number of nitrogens with zero attached hydrogens (tertiary/aromatic N) is 5. The second kappa shape index (κ2) is 13.1. The van der Waals surface area contributed by atoms with Gasteiger partial charge in [0.05, 0.1) is 74.9 Å². The molecule has 14 nitrogen and oxygen atoms in total. The summed E-state index contributed by atoms with van der Waals surface area (Å²) in [7, 11) is -0.875. The Morgan fingerprint density at radius 2 is 1.92 bits per heavy atom. The highest BCUT2D eigenvalue weighted by atomic mass is 31.2. The van der Waals surface area contributed by atoms with E-state index in [1.807, 2.05) is 0 Å². The number of anilines is 4. The van der Waals surface area contributed by atoms with Crippen LogP contribution in [0.1, 0.15) is 28.5 Å². The summed E-state index contributed by atoms with van der Waals surface area (Å²) in [6.45, 7) is 2.96. The van der Waals surface area contributed by atoms with E-state index in [2.05, 4.69) is 36.0 Å². The second-order valence-corrected chi connectivity index (χ2v) is 13.3. The molecule has 8 bridgehead atoms. The summed E-state index contributed by atoms with van der Waals surface area (Å²) in [5.41, 5.74) is -0.124. The van der Waals surface area contributed by atoms with Gasteiger partial charge in [0, 0.05) is 25.0 Å². The summed E-state index contributed by atoms with van der Waals surface area (Å²) in [5, 5.41) is 12.5. The van der Waals surface area contributed by atoms with Crippen molar-refractivity contribution < 1.29 is 41.1 Å². The Hall–Kier alpha value is -4.57. The van der Waals surface area contributed by atoms with Gasteiger partial charge in [0.25, 0.3) is 5.91 Å². The molecule has 0 radical (unpaired) electrons. The van der Waals surface area contributed by atoms with Gasteiger partial charge < -0.3 is 34.5 Å². The average molecular weight is 689 g/mol. The highest BCUT2D eigenvalue weighted by Gasteiger charge is 2.42. The van der Waals surface area contributed by atoms with Gasteiger partial charge in [-0.05, 0) is 36.8 Å². The number of alkyl halides is 3. The first kappa shape index (κ1) is 33.3. The Morgan fingerprint density at radius 1 is 1.12 bits per heavy atom. The molecule has 1 aromatic carbocycles. The Kier molecular flexibility index (Phi) is 9.13. The van der Waals surface area contributed by atoms with Gasteiger partial charge in [-0.1, -0.05) is 6.07 Å². The van der Waals surface area contributed by atoms with E-state index in [4.69, 9.17) is 18.5 Å². The second-order valence-electron chi connectivity index (χ2n) is 11.3. The monoisotopic (exact) mass is 688 g/mol. The molecule has 1 amide bonds. The van der Waals surface area contributed by atoms with Crippen LogP contribution in [0.4, 0.5) is 36.3 Å². The fraction of sp³-hybridized carbons (Fsp3) is 0.367. The van der Waals surface area contributed by atoms with Crippen molar-refractivity contribution in [3.63, 3.8) is 0 Å². The summed E-state index contributed by atoms with van der Waals surface area (Å²) < 4.78 is 80.7. The molecule has 5 aliphatic rings. The maximum atomic E-state index is 14.1. The number of nitrogens with one attached hydrogen (secondary N) is 3. The van der Waals surface area contributed by atoms with Gasteiger partial charge in [-0.15, -0.1) is 0 Å². The number of pyridine rings is 1. The van der Waals surface area contributed by atoms with Gasteiger partial charge >= 0.3 is 13.8 Å². The van der Waals surface area contributed by atoms with Crippen LogP contribution >= 0.6 is 7.60 Å². The van der Waals surface area contributed by atoms with Gasteiger partial charge in [-0.3, -0.25) is 14.0 Å². The van der Waals surface area contributed by atoms with E-state index in [0.29, 0.717) is 48.5 Å². The molecule has 1 atom stereocenters. The van der Waals surface area contributed by atoms with Crippen LogP contribution in [0.15, 0.2) is 48.9 Å². The van der Waals surface area contributed by atoms with Gasteiger partial charge in [0.1, 0.15) is 17.1 Å². The summed E-state index contributed by atoms with van der Waals surface area (Å²) in [6, 6.07) is 7.85. The van der Waals surface area contributed by atoms with Crippen LogP contribution < -0.4 is 20.7 Å². The average Bonchev–Trinajstić information content (AvgIpc) is 3.50. The number of methoxy groups -OCH3 is 1. The molecule has 8 heterocycles. The third-order valence-electron chi connectivity index (χ3n) is 7.71. The lowest BCUT2D eigenvalue weighted by molar-refractivity contribution is -0.142. The first-order chi connectivity index (χ1) is 22.9. The molecule has 4 aromatic rings. The maximum Gasteiger partial charge on any atom is 0.421 e. The number of aromatic nitrogens is 5. The highest BCUT2D eigenvalue weighted by molar-refractivity contribution is 7.53. The molecule has 3 aromatic heterocycles. The van der Waals surface area contributed by atoms with E-state index < -0.39 is 36.5 Å².